The van der Waals surface area contributed by atoms with Crippen LogP contribution in [0.1, 0.15) is 24.5 Å². The van der Waals surface area contributed by atoms with Crippen molar-refractivity contribution in [2.45, 2.75) is 27.2 Å². The van der Waals surface area contributed by atoms with E-state index in [2.05, 4.69) is 53.0 Å². The molecular weight excluding hydrogens is 426 g/mol. The fourth-order valence-electron chi connectivity index (χ4n) is 3.35. The second kappa shape index (κ2) is 12.6. The summed E-state index contributed by atoms with van der Waals surface area (Å²) in [4.78, 5) is 11.2. The Labute approximate surface area is 202 Å². The molecule has 0 bridgehead atoms. The normalized spacial score (nSPS) is 11.9. The summed E-state index contributed by atoms with van der Waals surface area (Å²) in [6.07, 6.45) is 4.95. The Morgan fingerprint density at radius 1 is 1.00 bits per heavy atom. The highest BCUT2D eigenvalue weighted by Gasteiger charge is 2.13. The Morgan fingerprint density at radius 3 is 2.41 bits per heavy atom. The Morgan fingerprint density at radius 2 is 1.71 bits per heavy atom. The first-order chi connectivity index (χ1) is 16.5. The number of anilines is 4. The van der Waals surface area contributed by atoms with Crippen molar-refractivity contribution >= 4 is 23.1 Å². The lowest BCUT2D eigenvalue weighted by Crippen LogP contribution is -2.18. The van der Waals surface area contributed by atoms with Crippen LogP contribution in [0.25, 0.3) is 0 Å². The third-order valence-electron chi connectivity index (χ3n) is 5.13. The maximum atomic E-state index is 5.63. The zero-order valence-electron chi connectivity index (χ0n) is 20.6. The minimum absolute atomic E-state index is 0.541. The summed E-state index contributed by atoms with van der Waals surface area (Å²) in [7, 11) is 2.10. The van der Waals surface area contributed by atoms with Crippen LogP contribution in [0.15, 0.2) is 61.3 Å². The van der Waals surface area contributed by atoms with Gasteiger partial charge < -0.3 is 25.0 Å². The Bertz CT molecular complexity index is 1070. The van der Waals surface area contributed by atoms with Crippen LogP contribution >= 0.6 is 0 Å². The maximum Gasteiger partial charge on any atom is 0.229 e. The molecule has 3 aromatic rings. The number of hydrogen-bond acceptors (Lipinski definition) is 7. The first-order valence-electron chi connectivity index (χ1n) is 11.6. The summed E-state index contributed by atoms with van der Waals surface area (Å²) < 4.78 is 11.2. The van der Waals surface area contributed by atoms with Crippen molar-refractivity contribution in [1.29, 1.82) is 0 Å². The van der Waals surface area contributed by atoms with Crippen LogP contribution in [-0.2, 0) is 0 Å². The molecule has 0 amide bonds. The lowest BCUT2D eigenvalue weighted by atomic mass is 10.2. The number of hydrogen-bond donors (Lipinski definition) is 2. The van der Waals surface area contributed by atoms with Crippen LogP contribution in [0.4, 0.5) is 23.1 Å². The van der Waals surface area contributed by atoms with E-state index >= 15 is 0 Å². The van der Waals surface area contributed by atoms with E-state index in [0.717, 1.165) is 40.8 Å². The molecule has 1 aliphatic heterocycles. The molecule has 2 heterocycles. The van der Waals surface area contributed by atoms with Crippen molar-refractivity contribution in [3.05, 3.63) is 72.4 Å². The number of rotatable bonds is 8. The van der Waals surface area contributed by atoms with Crippen LogP contribution in [0.2, 0.25) is 0 Å². The minimum atomic E-state index is 0.541. The van der Waals surface area contributed by atoms with Gasteiger partial charge in [-0.25, -0.2) is 4.98 Å². The Hall–Kier alpha value is -3.58. The molecule has 0 radical (unpaired) electrons. The Balaban J connectivity index is 0.000000350. The molecule has 1 aliphatic rings. The van der Waals surface area contributed by atoms with Crippen LogP contribution in [0.5, 0.6) is 11.5 Å². The molecule has 0 atom stereocenters. The zero-order chi connectivity index (χ0) is 24.3. The SMILES string of the molecule is C=CCN(C)CCC.Cc1ccc(Nc2ncc(C)c(Nc3ccc4c(c3)OCCO4)n2)cc1. The molecule has 0 aliphatic carbocycles. The molecule has 0 saturated carbocycles. The fourth-order valence-corrected chi connectivity index (χ4v) is 3.35. The number of nitrogens with one attached hydrogen (secondary N) is 2. The highest BCUT2D eigenvalue weighted by atomic mass is 16.6. The summed E-state index contributed by atoms with van der Waals surface area (Å²) in [6.45, 7) is 13.2. The number of nitrogens with zero attached hydrogens (tertiary/aromatic N) is 3. The molecule has 7 heteroatoms. The van der Waals surface area contributed by atoms with Gasteiger partial charge in [0, 0.05) is 35.7 Å². The highest BCUT2D eigenvalue weighted by Crippen LogP contribution is 2.33. The van der Waals surface area contributed by atoms with Crippen LogP contribution in [-0.4, -0.2) is 48.2 Å². The molecule has 1 aromatic heterocycles. The molecule has 2 N–H and O–H groups in total. The average molecular weight is 462 g/mol. The van der Waals surface area contributed by atoms with E-state index in [4.69, 9.17) is 9.47 Å². The number of aromatic nitrogens is 2. The lowest BCUT2D eigenvalue weighted by Gasteiger charge is -2.19. The third kappa shape index (κ3) is 7.49. The first kappa shape index (κ1) is 25.1. The maximum absolute atomic E-state index is 5.63. The number of likely N-dealkylation sites (N-methyl/N-ethyl adjacent to an activating group) is 1. The van der Waals surface area contributed by atoms with Gasteiger partial charge in [-0.05, 0) is 58.1 Å². The van der Waals surface area contributed by atoms with Gasteiger partial charge in [-0.1, -0.05) is 30.7 Å². The van der Waals surface area contributed by atoms with Crippen molar-refractivity contribution in [3.8, 4) is 11.5 Å². The minimum Gasteiger partial charge on any atom is -0.486 e. The first-order valence-corrected chi connectivity index (χ1v) is 11.6. The van der Waals surface area contributed by atoms with E-state index in [-0.39, 0.29) is 0 Å². The molecule has 7 nitrogen and oxygen atoms in total. The standard InChI is InChI=1S/C20H20N4O2.C7H15N/c1-13-3-5-15(6-4-13)23-20-21-12-14(2)19(24-20)22-16-7-8-17-18(11-16)26-10-9-25-17;1-4-6-8(3)7-5-2/h3-8,11-12H,9-10H2,1-2H3,(H2,21,22,23,24);4H,1,5-7H2,2-3H3. The molecule has 34 heavy (non-hydrogen) atoms. The molecule has 4 rings (SSSR count). The number of benzene rings is 2. The van der Waals surface area contributed by atoms with Gasteiger partial charge in [0.05, 0.1) is 0 Å². The lowest BCUT2D eigenvalue weighted by molar-refractivity contribution is 0.171. The van der Waals surface area contributed by atoms with Crippen LogP contribution in [0, 0.1) is 13.8 Å². The van der Waals surface area contributed by atoms with Crippen molar-refractivity contribution in [1.82, 2.24) is 14.9 Å². The second-order valence-electron chi connectivity index (χ2n) is 8.25. The smallest absolute Gasteiger partial charge is 0.229 e. The van der Waals surface area contributed by atoms with Gasteiger partial charge in [0.2, 0.25) is 5.95 Å². The van der Waals surface area contributed by atoms with E-state index in [1.54, 1.807) is 6.20 Å². The molecule has 2 aromatic carbocycles. The van der Waals surface area contributed by atoms with E-state index in [0.29, 0.717) is 19.2 Å². The van der Waals surface area contributed by atoms with Crippen molar-refractivity contribution in [3.63, 3.8) is 0 Å². The van der Waals surface area contributed by atoms with Gasteiger partial charge in [-0.15, -0.1) is 6.58 Å². The summed E-state index contributed by atoms with van der Waals surface area (Å²) in [5.74, 6) is 2.79. The Kier molecular flexibility index (Phi) is 9.29. The monoisotopic (exact) mass is 461 g/mol. The van der Waals surface area contributed by atoms with E-state index in [1.807, 2.05) is 55.5 Å². The third-order valence-corrected chi connectivity index (χ3v) is 5.13. The predicted octanol–water partition coefficient (Wildman–Crippen LogP) is 5.87. The highest BCUT2D eigenvalue weighted by molar-refractivity contribution is 5.65. The van der Waals surface area contributed by atoms with E-state index in [1.165, 1.54) is 18.5 Å². The van der Waals surface area contributed by atoms with Crippen molar-refractivity contribution in [2.75, 3.05) is 44.0 Å². The van der Waals surface area contributed by atoms with Gasteiger partial charge in [-0.2, -0.15) is 4.98 Å². The van der Waals surface area contributed by atoms with Crippen molar-refractivity contribution in [2.24, 2.45) is 0 Å². The predicted molar refractivity (Wildman–Crippen MR) is 140 cm³/mol. The quantitative estimate of drug-likeness (QED) is 0.407. The number of ether oxygens (including phenoxy) is 2. The van der Waals surface area contributed by atoms with Crippen molar-refractivity contribution < 1.29 is 9.47 Å². The average Bonchev–Trinajstić information content (AvgIpc) is 2.83. The fraction of sp³-hybridized carbons (Fsp3) is 0.333. The van der Waals surface area contributed by atoms with Gasteiger partial charge >= 0.3 is 0 Å². The number of fused-ring (bicyclic) bond motifs is 1. The summed E-state index contributed by atoms with van der Waals surface area (Å²) in [6, 6.07) is 13.9. The topological polar surface area (TPSA) is 71.5 Å². The number of aryl methyl sites for hydroxylation is 2. The molecule has 0 spiro atoms. The molecule has 0 fully saturated rings. The summed E-state index contributed by atoms with van der Waals surface area (Å²) >= 11 is 0. The molecular formula is C27H35N5O2. The zero-order valence-corrected chi connectivity index (χ0v) is 20.6. The summed E-state index contributed by atoms with van der Waals surface area (Å²) in [5.41, 5.74) is 4.00. The van der Waals surface area contributed by atoms with Crippen LogP contribution < -0.4 is 20.1 Å². The largest absolute Gasteiger partial charge is 0.486 e. The van der Waals surface area contributed by atoms with Gasteiger partial charge in [0.1, 0.15) is 19.0 Å². The summed E-state index contributed by atoms with van der Waals surface area (Å²) in [5, 5.41) is 6.56. The molecule has 0 saturated heterocycles. The van der Waals surface area contributed by atoms with Gasteiger partial charge in [0.25, 0.3) is 0 Å². The van der Waals surface area contributed by atoms with Gasteiger partial charge in [0.15, 0.2) is 11.5 Å². The van der Waals surface area contributed by atoms with Crippen LogP contribution in [0.3, 0.4) is 0 Å². The van der Waals surface area contributed by atoms with E-state index in [9.17, 15) is 0 Å². The molecule has 180 valence electrons. The second-order valence-corrected chi connectivity index (χ2v) is 8.25. The molecule has 0 unspecified atom stereocenters. The van der Waals surface area contributed by atoms with Gasteiger partial charge in [-0.3, -0.25) is 0 Å². The van der Waals surface area contributed by atoms with E-state index < -0.39 is 0 Å².